The number of nitrogens with one attached hydrogen (secondary N) is 1. The molecule has 4 heteroatoms. The summed E-state index contributed by atoms with van der Waals surface area (Å²) in [6.45, 7) is 5.74. The van der Waals surface area contributed by atoms with Crippen LogP contribution in [-0.2, 0) is 11.2 Å². The van der Waals surface area contributed by atoms with E-state index in [1.807, 2.05) is 4.57 Å². The van der Waals surface area contributed by atoms with Gasteiger partial charge < -0.3 is 9.72 Å². The van der Waals surface area contributed by atoms with Crippen LogP contribution in [0.1, 0.15) is 31.9 Å². The van der Waals surface area contributed by atoms with Crippen LogP contribution in [0.25, 0.3) is 11.0 Å². The van der Waals surface area contributed by atoms with E-state index in [4.69, 9.17) is 4.74 Å². The molecule has 102 valence electrons. The van der Waals surface area contributed by atoms with Gasteiger partial charge in [0.1, 0.15) is 0 Å². The van der Waals surface area contributed by atoms with Crippen LogP contribution in [0.15, 0.2) is 23.0 Å². The van der Waals surface area contributed by atoms with Crippen LogP contribution in [0.4, 0.5) is 0 Å². The van der Waals surface area contributed by atoms with E-state index < -0.39 is 0 Å². The van der Waals surface area contributed by atoms with Gasteiger partial charge in [0.25, 0.3) is 0 Å². The van der Waals surface area contributed by atoms with Crippen molar-refractivity contribution in [2.75, 3.05) is 13.2 Å². The zero-order chi connectivity index (χ0) is 13.4. The lowest BCUT2D eigenvalue weighted by atomic mass is 9.97. The van der Waals surface area contributed by atoms with Gasteiger partial charge in [-0.05, 0) is 30.5 Å². The number of fused-ring (bicyclic) bond motifs is 1. The number of hydrogen-bond acceptors (Lipinski definition) is 2. The zero-order valence-electron chi connectivity index (χ0n) is 11.5. The molecular weight excluding hydrogens is 240 g/mol. The minimum absolute atomic E-state index is 0.00185. The molecule has 1 unspecified atom stereocenters. The number of nitrogens with zero attached hydrogens (tertiary/aromatic N) is 1. The normalized spacial score (nSPS) is 23.9. The molecule has 2 heterocycles. The molecule has 3 rings (SSSR count). The highest BCUT2D eigenvalue weighted by Gasteiger charge is 2.26. The van der Waals surface area contributed by atoms with Crippen molar-refractivity contribution < 1.29 is 4.74 Å². The van der Waals surface area contributed by atoms with Gasteiger partial charge in [0.05, 0.1) is 17.6 Å². The van der Waals surface area contributed by atoms with E-state index in [-0.39, 0.29) is 11.7 Å². The summed E-state index contributed by atoms with van der Waals surface area (Å²) in [5, 5.41) is 0. The molecule has 0 amide bonds. The first kappa shape index (κ1) is 12.5. The van der Waals surface area contributed by atoms with Crippen LogP contribution in [0.5, 0.6) is 0 Å². The molecule has 2 atom stereocenters. The number of aryl methyl sites for hydroxylation is 1. The number of H-pyrrole nitrogens is 1. The predicted octanol–water partition coefficient (Wildman–Crippen LogP) is 2.49. The molecule has 0 saturated carbocycles. The van der Waals surface area contributed by atoms with Crippen molar-refractivity contribution in [3.8, 4) is 0 Å². The zero-order valence-corrected chi connectivity index (χ0v) is 11.5. The third kappa shape index (κ3) is 2.10. The molecule has 2 aromatic rings. The molecule has 1 aliphatic heterocycles. The van der Waals surface area contributed by atoms with Crippen LogP contribution in [0, 0.1) is 5.92 Å². The maximum atomic E-state index is 12.2. The van der Waals surface area contributed by atoms with Gasteiger partial charge >= 0.3 is 5.69 Å². The lowest BCUT2D eigenvalue weighted by Crippen LogP contribution is -2.33. The summed E-state index contributed by atoms with van der Waals surface area (Å²) < 4.78 is 7.39. The lowest BCUT2D eigenvalue weighted by Gasteiger charge is -2.29. The second kappa shape index (κ2) is 4.85. The number of rotatable bonds is 2. The Morgan fingerprint density at radius 1 is 1.47 bits per heavy atom. The minimum atomic E-state index is 0.00185. The van der Waals surface area contributed by atoms with Gasteiger partial charge in [0.15, 0.2) is 0 Å². The molecule has 0 bridgehead atoms. The number of benzene rings is 1. The van der Waals surface area contributed by atoms with Gasteiger partial charge in [-0.15, -0.1) is 0 Å². The van der Waals surface area contributed by atoms with Gasteiger partial charge in [-0.25, -0.2) is 4.79 Å². The van der Waals surface area contributed by atoms with Crippen LogP contribution in [0.2, 0.25) is 0 Å². The number of imidazole rings is 1. The summed E-state index contributed by atoms with van der Waals surface area (Å²) >= 11 is 0. The Labute approximate surface area is 112 Å². The second-order valence-electron chi connectivity index (χ2n) is 5.41. The summed E-state index contributed by atoms with van der Waals surface area (Å²) in [6.07, 6.45) is 1.89. The Bertz CT molecular complexity index is 641. The quantitative estimate of drug-likeness (QED) is 0.901. The van der Waals surface area contributed by atoms with Crippen LogP contribution in [0.3, 0.4) is 0 Å². The summed E-state index contributed by atoms with van der Waals surface area (Å²) in [5.41, 5.74) is 3.21. The fraction of sp³-hybridized carbons (Fsp3) is 0.533. The van der Waals surface area contributed by atoms with Gasteiger partial charge in [-0.3, -0.25) is 4.57 Å². The Morgan fingerprint density at radius 3 is 3.05 bits per heavy atom. The molecule has 4 nitrogen and oxygen atoms in total. The van der Waals surface area contributed by atoms with E-state index in [0.29, 0.717) is 5.92 Å². The average Bonchev–Trinajstić information content (AvgIpc) is 2.74. The van der Waals surface area contributed by atoms with Crippen LogP contribution >= 0.6 is 0 Å². The van der Waals surface area contributed by atoms with Crippen molar-refractivity contribution in [2.45, 2.75) is 32.7 Å². The van der Waals surface area contributed by atoms with Crippen molar-refractivity contribution in [3.63, 3.8) is 0 Å². The first-order chi connectivity index (χ1) is 9.20. The Balaban J connectivity index is 2.12. The van der Waals surface area contributed by atoms with E-state index in [1.165, 1.54) is 5.56 Å². The van der Waals surface area contributed by atoms with Crippen molar-refractivity contribution in [1.29, 1.82) is 0 Å². The average molecular weight is 260 g/mol. The highest BCUT2D eigenvalue weighted by molar-refractivity contribution is 5.76. The fourth-order valence-corrected chi connectivity index (χ4v) is 2.98. The van der Waals surface area contributed by atoms with Crippen LogP contribution in [-0.4, -0.2) is 22.8 Å². The molecular formula is C15H20N2O2. The molecule has 1 aliphatic rings. The first-order valence-corrected chi connectivity index (χ1v) is 7.01. The first-order valence-electron chi connectivity index (χ1n) is 7.01. The Hall–Kier alpha value is -1.55. The topological polar surface area (TPSA) is 47.0 Å². The highest BCUT2D eigenvalue weighted by atomic mass is 16.5. The molecule has 1 N–H and O–H groups in total. The van der Waals surface area contributed by atoms with Crippen LogP contribution < -0.4 is 5.69 Å². The van der Waals surface area contributed by atoms with Gasteiger partial charge in [-0.2, -0.15) is 0 Å². The number of aromatic amines is 1. The molecule has 1 aromatic heterocycles. The number of aromatic nitrogens is 2. The summed E-state index contributed by atoms with van der Waals surface area (Å²) in [7, 11) is 0. The maximum absolute atomic E-state index is 12.2. The monoisotopic (exact) mass is 260 g/mol. The van der Waals surface area contributed by atoms with Crippen molar-refractivity contribution >= 4 is 11.0 Å². The molecule has 1 fully saturated rings. The van der Waals surface area contributed by atoms with E-state index in [0.717, 1.165) is 37.1 Å². The third-order valence-corrected chi connectivity index (χ3v) is 4.12. The Morgan fingerprint density at radius 2 is 2.32 bits per heavy atom. The maximum Gasteiger partial charge on any atom is 0.326 e. The SMILES string of the molecule is CCc1ccc2c(c1)[nH]c(=O)n2C1CCOC[C@@H]1C. The van der Waals surface area contributed by atoms with Crippen molar-refractivity contribution in [3.05, 3.63) is 34.2 Å². The fourth-order valence-electron chi connectivity index (χ4n) is 2.98. The molecule has 0 radical (unpaired) electrons. The molecule has 1 aromatic carbocycles. The van der Waals surface area contributed by atoms with E-state index >= 15 is 0 Å². The predicted molar refractivity (Wildman–Crippen MR) is 75.6 cm³/mol. The highest BCUT2D eigenvalue weighted by Crippen LogP contribution is 2.28. The third-order valence-electron chi connectivity index (χ3n) is 4.12. The molecule has 0 aliphatic carbocycles. The largest absolute Gasteiger partial charge is 0.381 e. The van der Waals surface area contributed by atoms with Crippen molar-refractivity contribution in [2.24, 2.45) is 5.92 Å². The lowest BCUT2D eigenvalue weighted by molar-refractivity contribution is 0.0289. The molecule has 1 saturated heterocycles. The van der Waals surface area contributed by atoms with Gasteiger partial charge in [0.2, 0.25) is 0 Å². The number of hydrogen-bond donors (Lipinski definition) is 1. The summed E-state index contributed by atoms with van der Waals surface area (Å²) in [5.74, 6) is 0.372. The molecule has 19 heavy (non-hydrogen) atoms. The van der Waals surface area contributed by atoms with E-state index in [9.17, 15) is 4.79 Å². The smallest absolute Gasteiger partial charge is 0.326 e. The number of ether oxygens (including phenoxy) is 1. The summed E-state index contributed by atoms with van der Waals surface area (Å²) in [6, 6.07) is 6.49. The van der Waals surface area contributed by atoms with Gasteiger partial charge in [0, 0.05) is 18.6 Å². The Kier molecular flexibility index (Phi) is 3.19. The van der Waals surface area contributed by atoms with E-state index in [2.05, 4.69) is 37.0 Å². The van der Waals surface area contributed by atoms with E-state index in [1.54, 1.807) is 0 Å². The summed E-state index contributed by atoms with van der Waals surface area (Å²) in [4.78, 5) is 15.2. The second-order valence-corrected chi connectivity index (χ2v) is 5.41. The van der Waals surface area contributed by atoms with Crippen molar-refractivity contribution in [1.82, 2.24) is 9.55 Å². The van der Waals surface area contributed by atoms with Gasteiger partial charge in [-0.1, -0.05) is 19.9 Å². The standard InChI is InChI=1S/C15H20N2O2/c1-3-11-4-5-14-12(8-11)16-15(18)17(14)13-6-7-19-9-10(13)2/h4-5,8,10,13H,3,6-7,9H2,1-2H3,(H,16,18)/t10-,13?/m0/s1. The minimum Gasteiger partial charge on any atom is -0.381 e. The molecule has 0 spiro atoms.